The first-order chi connectivity index (χ1) is 7.80. The van der Waals surface area contributed by atoms with Gasteiger partial charge in [-0.3, -0.25) is 14.9 Å². The fraction of sp³-hybridized carbons (Fsp3) is 0.300. The molecule has 1 rings (SSSR count). The SMILES string of the molecule is O=C(O)N1CCC=NC=CC=NC=COC1. The Morgan fingerprint density at radius 2 is 2.25 bits per heavy atom. The van der Waals surface area contributed by atoms with Crippen LogP contribution in [0.4, 0.5) is 4.79 Å². The first-order valence-electron chi connectivity index (χ1n) is 4.75. The average molecular weight is 223 g/mol. The lowest BCUT2D eigenvalue weighted by Gasteiger charge is -2.16. The van der Waals surface area contributed by atoms with Gasteiger partial charge in [0.25, 0.3) is 0 Å². The molecule has 0 saturated heterocycles. The monoisotopic (exact) mass is 223 g/mol. The van der Waals surface area contributed by atoms with E-state index in [1.54, 1.807) is 24.7 Å². The lowest BCUT2D eigenvalue weighted by atomic mass is 10.4. The summed E-state index contributed by atoms with van der Waals surface area (Å²) < 4.78 is 5.00. The second-order valence-corrected chi connectivity index (χ2v) is 2.89. The summed E-state index contributed by atoms with van der Waals surface area (Å²) in [5, 5.41) is 8.83. The van der Waals surface area contributed by atoms with Crippen LogP contribution in [0.25, 0.3) is 0 Å². The van der Waals surface area contributed by atoms with Crippen LogP contribution in [0.3, 0.4) is 0 Å². The molecule has 0 fully saturated rings. The third kappa shape index (κ3) is 4.94. The number of rotatable bonds is 0. The molecule has 0 aromatic rings. The van der Waals surface area contributed by atoms with E-state index in [0.717, 1.165) is 4.90 Å². The average Bonchev–Trinajstić information content (AvgIpc) is 2.28. The van der Waals surface area contributed by atoms with Crippen molar-refractivity contribution in [3.8, 4) is 0 Å². The summed E-state index contributed by atoms with van der Waals surface area (Å²) in [7, 11) is 0. The maximum atomic E-state index is 10.8. The Kier molecular flexibility index (Phi) is 5.40. The molecule has 0 spiro atoms. The molecule has 1 N–H and O–H groups in total. The van der Waals surface area contributed by atoms with Gasteiger partial charge in [-0.25, -0.2) is 4.79 Å². The normalized spacial score (nSPS) is 17.1. The van der Waals surface area contributed by atoms with Gasteiger partial charge in [-0.15, -0.1) is 0 Å². The van der Waals surface area contributed by atoms with Crippen molar-refractivity contribution in [3.63, 3.8) is 0 Å². The number of nitrogens with zero attached hydrogens (tertiary/aromatic N) is 3. The molecular weight excluding hydrogens is 210 g/mol. The number of aliphatic imine (C=N–C) groups is 2. The van der Waals surface area contributed by atoms with Crippen molar-refractivity contribution in [2.45, 2.75) is 6.42 Å². The Hall–Kier alpha value is -2.11. The lowest BCUT2D eigenvalue weighted by molar-refractivity contribution is 0.0803. The molecule has 6 nitrogen and oxygen atoms in total. The number of carboxylic acid groups (broad SMARTS) is 1. The Balaban J connectivity index is 2.59. The third-order valence-electron chi connectivity index (χ3n) is 1.72. The molecule has 1 heterocycles. The molecule has 1 aliphatic heterocycles. The van der Waals surface area contributed by atoms with Gasteiger partial charge in [-0.1, -0.05) is 0 Å². The summed E-state index contributed by atoms with van der Waals surface area (Å²) in [6.07, 6.45) is 8.77. The highest BCUT2D eigenvalue weighted by molar-refractivity contribution is 5.72. The summed E-state index contributed by atoms with van der Waals surface area (Å²) in [6.45, 7) is 0.337. The molecule has 0 unspecified atom stereocenters. The molecule has 1 amide bonds. The van der Waals surface area contributed by atoms with Crippen LogP contribution in [0.5, 0.6) is 0 Å². The first kappa shape index (κ1) is 12.0. The molecule has 6 heteroatoms. The molecule has 0 aromatic heterocycles. The van der Waals surface area contributed by atoms with Gasteiger partial charge in [0.05, 0.1) is 6.20 Å². The van der Waals surface area contributed by atoms with Crippen LogP contribution in [-0.4, -0.2) is 41.8 Å². The maximum Gasteiger partial charge on any atom is 0.409 e. The molecule has 0 atom stereocenters. The second kappa shape index (κ2) is 7.22. The van der Waals surface area contributed by atoms with E-state index in [1.165, 1.54) is 12.5 Å². The van der Waals surface area contributed by atoms with Crippen LogP contribution < -0.4 is 0 Å². The van der Waals surface area contributed by atoms with Gasteiger partial charge in [0.2, 0.25) is 0 Å². The number of ether oxygens (including phenoxy) is 1. The second-order valence-electron chi connectivity index (χ2n) is 2.89. The summed E-state index contributed by atoms with van der Waals surface area (Å²) in [5.74, 6) is 0. The minimum absolute atomic E-state index is 0.0113. The van der Waals surface area contributed by atoms with E-state index in [2.05, 4.69) is 9.98 Å². The molecule has 0 radical (unpaired) electrons. The van der Waals surface area contributed by atoms with E-state index in [1.807, 2.05) is 0 Å². The van der Waals surface area contributed by atoms with E-state index >= 15 is 0 Å². The molecule has 0 bridgehead atoms. The number of carbonyl (C=O) groups is 1. The van der Waals surface area contributed by atoms with Crippen molar-refractivity contribution >= 4 is 18.5 Å². The number of allylic oxidation sites excluding steroid dienone is 1. The van der Waals surface area contributed by atoms with Gasteiger partial charge in [0.1, 0.15) is 6.26 Å². The Morgan fingerprint density at radius 1 is 1.38 bits per heavy atom. The molecule has 0 aliphatic carbocycles. The van der Waals surface area contributed by atoms with E-state index in [0.29, 0.717) is 13.0 Å². The van der Waals surface area contributed by atoms with Crippen molar-refractivity contribution in [1.29, 1.82) is 0 Å². The lowest BCUT2D eigenvalue weighted by Crippen LogP contribution is -2.32. The molecule has 16 heavy (non-hydrogen) atoms. The fourth-order valence-corrected chi connectivity index (χ4v) is 0.963. The van der Waals surface area contributed by atoms with E-state index in [-0.39, 0.29) is 6.73 Å². The summed E-state index contributed by atoms with van der Waals surface area (Å²) in [6, 6.07) is 0. The number of hydrogen-bond donors (Lipinski definition) is 1. The molecule has 1 aliphatic rings. The van der Waals surface area contributed by atoms with Crippen molar-refractivity contribution in [1.82, 2.24) is 4.90 Å². The molecule has 0 aromatic carbocycles. The highest BCUT2D eigenvalue weighted by Gasteiger charge is 2.09. The predicted octanol–water partition coefficient (Wildman–Crippen LogP) is 1.47. The van der Waals surface area contributed by atoms with E-state index < -0.39 is 6.09 Å². The van der Waals surface area contributed by atoms with E-state index in [4.69, 9.17) is 9.84 Å². The first-order valence-corrected chi connectivity index (χ1v) is 4.75. The minimum Gasteiger partial charge on any atom is -0.479 e. The van der Waals surface area contributed by atoms with Gasteiger partial charge in [0, 0.05) is 31.6 Å². The van der Waals surface area contributed by atoms with Gasteiger partial charge in [-0.2, -0.15) is 0 Å². The number of amides is 1. The maximum absolute atomic E-state index is 10.8. The Labute approximate surface area is 93.3 Å². The topological polar surface area (TPSA) is 74.5 Å². The zero-order valence-electron chi connectivity index (χ0n) is 8.69. The van der Waals surface area contributed by atoms with Gasteiger partial charge in [0.15, 0.2) is 6.73 Å². The van der Waals surface area contributed by atoms with Crippen molar-refractivity contribution in [3.05, 3.63) is 24.7 Å². The highest BCUT2D eigenvalue weighted by Crippen LogP contribution is 1.94. The zero-order chi connectivity index (χ0) is 11.6. The van der Waals surface area contributed by atoms with Crippen molar-refractivity contribution < 1.29 is 14.6 Å². The van der Waals surface area contributed by atoms with Gasteiger partial charge in [-0.05, 0) is 6.08 Å². The summed E-state index contributed by atoms with van der Waals surface area (Å²) in [4.78, 5) is 19.7. The van der Waals surface area contributed by atoms with Gasteiger partial charge < -0.3 is 9.84 Å². The molecule has 86 valence electrons. The molecular formula is C10H13N3O3. The quantitative estimate of drug-likeness (QED) is 0.675. The van der Waals surface area contributed by atoms with Crippen molar-refractivity contribution in [2.75, 3.05) is 13.3 Å². The minimum atomic E-state index is -1.02. The van der Waals surface area contributed by atoms with Crippen LogP contribution >= 0.6 is 0 Å². The highest BCUT2D eigenvalue weighted by atomic mass is 16.5. The van der Waals surface area contributed by atoms with Crippen LogP contribution in [0.15, 0.2) is 34.7 Å². The summed E-state index contributed by atoms with van der Waals surface area (Å²) >= 11 is 0. The third-order valence-corrected chi connectivity index (χ3v) is 1.72. The van der Waals surface area contributed by atoms with E-state index in [9.17, 15) is 4.79 Å². The van der Waals surface area contributed by atoms with Gasteiger partial charge >= 0.3 is 6.09 Å². The zero-order valence-corrected chi connectivity index (χ0v) is 8.69. The van der Waals surface area contributed by atoms with Crippen LogP contribution in [0, 0.1) is 0 Å². The summed E-state index contributed by atoms with van der Waals surface area (Å²) in [5.41, 5.74) is 0. The fourth-order valence-electron chi connectivity index (χ4n) is 0.963. The Bertz CT molecular complexity index is 308. The van der Waals surface area contributed by atoms with Crippen LogP contribution in [0.2, 0.25) is 0 Å². The predicted molar refractivity (Wildman–Crippen MR) is 60.6 cm³/mol. The number of hydrogen-bond acceptors (Lipinski definition) is 4. The largest absolute Gasteiger partial charge is 0.479 e. The van der Waals surface area contributed by atoms with Crippen molar-refractivity contribution in [2.24, 2.45) is 9.98 Å². The standard InChI is InChI=1S/C10H13N3O3/c14-10(15)13-7-2-5-11-3-1-4-12-6-8-16-9-13/h1,3-6,8H,2,7,9H2,(H,14,15). The Morgan fingerprint density at radius 3 is 3.06 bits per heavy atom. The van der Waals surface area contributed by atoms with Crippen LogP contribution in [0.1, 0.15) is 6.42 Å². The van der Waals surface area contributed by atoms with Crippen LogP contribution in [-0.2, 0) is 4.74 Å². The smallest absolute Gasteiger partial charge is 0.409 e. The molecule has 0 saturated carbocycles.